The second kappa shape index (κ2) is 9.33. The second-order valence-corrected chi connectivity index (χ2v) is 7.53. The molecule has 0 unspecified atom stereocenters. The van der Waals surface area contributed by atoms with Crippen molar-refractivity contribution in [3.8, 4) is 11.5 Å². The third-order valence-corrected chi connectivity index (χ3v) is 5.28. The molecular formula is C23H23NO3S. The summed E-state index contributed by atoms with van der Waals surface area (Å²) in [6, 6.07) is 21.4. The van der Waals surface area contributed by atoms with Crippen molar-refractivity contribution < 1.29 is 14.3 Å². The first kappa shape index (κ1) is 19.8. The number of rotatable bonds is 7. The van der Waals surface area contributed by atoms with Gasteiger partial charge in [-0.1, -0.05) is 17.8 Å². The van der Waals surface area contributed by atoms with Crippen molar-refractivity contribution in [1.82, 2.24) is 0 Å². The van der Waals surface area contributed by atoms with Gasteiger partial charge in [-0.05, 0) is 85.6 Å². The largest absolute Gasteiger partial charge is 0.497 e. The maximum atomic E-state index is 12.1. The van der Waals surface area contributed by atoms with Gasteiger partial charge in [-0.2, -0.15) is 0 Å². The Kier molecular flexibility index (Phi) is 6.61. The van der Waals surface area contributed by atoms with Crippen LogP contribution in [-0.2, 0) is 4.79 Å². The predicted octanol–water partition coefficient (Wildman–Crippen LogP) is 5.48. The van der Waals surface area contributed by atoms with Crippen LogP contribution in [0.1, 0.15) is 11.1 Å². The number of carbonyl (C=O) groups is 1. The van der Waals surface area contributed by atoms with E-state index in [-0.39, 0.29) is 12.5 Å². The highest BCUT2D eigenvalue weighted by atomic mass is 32.2. The molecule has 3 aromatic carbocycles. The van der Waals surface area contributed by atoms with Crippen molar-refractivity contribution in [2.75, 3.05) is 19.0 Å². The van der Waals surface area contributed by atoms with Gasteiger partial charge in [0.25, 0.3) is 5.91 Å². The molecule has 144 valence electrons. The van der Waals surface area contributed by atoms with Crippen molar-refractivity contribution in [1.29, 1.82) is 0 Å². The molecule has 0 spiro atoms. The minimum Gasteiger partial charge on any atom is -0.497 e. The standard InChI is InChI=1S/C23H23NO3S/c1-16-4-11-22(14-17(16)2)28-21-12-5-18(6-13-21)24-23(25)15-27-20-9-7-19(26-3)8-10-20/h4-14H,15H2,1-3H3,(H,24,25). The molecule has 5 heteroatoms. The van der Waals surface area contributed by atoms with Gasteiger partial charge in [-0.25, -0.2) is 0 Å². The van der Waals surface area contributed by atoms with Crippen LogP contribution >= 0.6 is 11.8 Å². The molecule has 0 atom stereocenters. The van der Waals surface area contributed by atoms with Gasteiger partial charge >= 0.3 is 0 Å². The van der Waals surface area contributed by atoms with Crippen molar-refractivity contribution in [3.05, 3.63) is 77.9 Å². The van der Waals surface area contributed by atoms with Crippen molar-refractivity contribution in [2.24, 2.45) is 0 Å². The van der Waals surface area contributed by atoms with Gasteiger partial charge in [0, 0.05) is 15.5 Å². The Morgan fingerprint density at radius 2 is 1.50 bits per heavy atom. The highest BCUT2D eigenvalue weighted by Crippen LogP contribution is 2.29. The smallest absolute Gasteiger partial charge is 0.262 e. The molecule has 0 aliphatic heterocycles. The molecule has 0 saturated heterocycles. The van der Waals surface area contributed by atoms with Crippen LogP contribution in [0.5, 0.6) is 11.5 Å². The van der Waals surface area contributed by atoms with Crippen LogP contribution in [0.15, 0.2) is 76.5 Å². The lowest BCUT2D eigenvalue weighted by molar-refractivity contribution is -0.118. The van der Waals surface area contributed by atoms with E-state index >= 15 is 0 Å². The van der Waals surface area contributed by atoms with Crippen LogP contribution in [0.3, 0.4) is 0 Å². The van der Waals surface area contributed by atoms with Gasteiger partial charge in [0.05, 0.1) is 7.11 Å². The molecule has 0 aliphatic carbocycles. The zero-order valence-corrected chi connectivity index (χ0v) is 17.0. The van der Waals surface area contributed by atoms with E-state index in [0.29, 0.717) is 5.75 Å². The summed E-state index contributed by atoms with van der Waals surface area (Å²) in [5, 5.41) is 2.84. The number of benzene rings is 3. The van der Waals surface area contributed by atoms with Gasteiger partial charge < -0.3 is 14.8 Å². The Hall–Kier alpha value is -2.92. The summed E-state index contributed by atoms with van der Waals surface area (Å²) < 4.78 is 10.6. The fourth-order valence-corrected chi connectivity index (χ4v) is 3.45. The first-order chi connectivity index (χ1) is 13.5. The molecule has 0 saturated carbocycles. The molecule has 3 aromatic rings. The zero-order valence-electron chi connectivity index (χ0n) is 16.2. The number of amides is 1. The van der Waals surface area contributed by atoms with Crippen LogP contribution in [0.2, 0.25) is 0 Å². The average molecular weight is 394 g/mol. The minimum atomic E-state index is -0.203. The number of nitrogens with one attached hydrogen (secondary N) is 1. The highest BCUT2D eigenvalue weighted by Gasteiger charge is 2.05. The number of carbonyl (C=O) groups excluding carboxylic acids is 1. The third-order valence-electron chi connectivity index (χ3n) is 4.28. The SMILES string of the molecule is COc1ccc(OCC(=O)Nc2ccc(Sc3ccc(C)c(C)c3)cc2)cc1. The van der Waals surface area contributed by atoms with Crippen LogP contribution in [0.25, 0.3) is 0 Å². The van der Waals surface area contributed by atoms with Crippen LogP contribution in [-0.4, -0.2) is 19.6 Å². The topological polar surface area (TPSA) is 47.6 Å². The Morgan fingerprint density at radius 3 is 2.14 bits per heavy atom. The van der Waals surface area contributed by atoms with Crippen molar-refractivity contribution in [3.63, 3.8) is 0 Å². The Labute approximate surface area is 169 Å². The van der Waals surface area contributed by atoms with Gasteiger partial charge in [-0.3, -0.25) is 4.79 Å². The van der Waals surface area contributed by atoms with Gasteiger partial charge in [0.1, 0.15) is 11.5 Å². The Morgan fingerprint density at radius 1 is 0.857 bits per heavy atom. The van der Waals surface area contributed by atoms with E-state index in [1.807, 2.05) is 24.3 Å². The van der Waals surface area contributed by atoms with E-state index in [2.05, 4.69) is 37.4 Å². The van der Waals surface area contributed by atoms with E-state index in [1.54, 1.807) is 43.1 Å². The number of aryl methyl sites for hydroxylation is 2. The minimum absolute atomic E-state index is 0.0501. The molecule has 4 nitrogen and oxygen atoms in total. The molecule has 0 fully saturated rings. The summed E-state index contributed by atoms with van der Waals surface area (Å²) in [6.45, 7) is 4.18. The molecule has 0 bridgehead atoms. The quantitative estimate of drug-likeness (QED) is 0.577. The number of ether oxygens (including phenoxy) is 2. The van der Waals surface area contributed by atoms with Crippen LogP contribution in [0.4, 0.5) is 5.69 Å². The van der Waals surface area contributed by atoms with Crippen molar-refractivity contribution in [2.45, 2.75) is 23.6 Å². The highest BCUT2D eigenvalue weighted by molar-refractivity contribution is 7.99. The summed E-state index contributed by atoms with van der Waals surface area (Å²) in [6.07, 6.45) is 0. The maximum Gasteiger partial charge on any atom is 0.262 e. The summed E-state index contributed by atoms with van der Waals surface area (Å²) in [4.78, 5) is 14.4. The lowest BCUT2D eigenvalue weighted by Crippen LogP contribution is -2.20. The fourth-order valence-electron chi connectivity index (χ4n) is 2.54. The summed E-state index contributed by atoms with van der Waals surface area (Å²) >= 11 is 1.70. The normalized spacial score (nSPS) is 10.4. The molecule has 0 aliphatic rings. The summed E-state index contributed by atoms with van der Waals surface area (Å²) in [5.41, 5.74) is 3.32. The first-order valence-corrected chi connectivity index (χ1v) is 9.77. The molecule has 3 rings (SSSR count). The van der Waals surface area contributed by atoms with E-state index in [1.165, 1.54) is 16.0 Å². The monoisotopic (exact) mass is 393 g/mol. The van der Waals surface area contributed by atoms with E-state index < -0.39 is 0 Å². The molecule has 0 heterocycles. The third kappa shape index (κ3) is 5.54. The van der Waals surface area contributed by atoms with Crippen LogP contribution in [0, 0.1) is 13.8 Å². The van der Waals surface area contributed by atoms with Crippen LogP contribution < -0.4 is 14.8 Å². The lowest BCUT2D eigenvalue weighted by atomic mass is 10.1. The molecular weight excluding hydrogens is 370 g/mol. The number of methoxy groups -OCH3 is 1. The fraction of sp³-hybridized carbons (Fsp3) is 0.174. The molecule has 1 N–H and O–H groups in total. The average Bonchev–Trinajstić information content (AvgIpc) is 2.71. The first-order valence-electron chi connectivity index (χ1n) is 8.95. The maximum absolute atomic E-state index is 12.1. The lowest BCUT2D eigenvalue weighted by Gasteiger charge is -2.09. The summed E-state index contributed by atoms with van der Waals surface area (Å²) in [7, 11) is 1.61. The molecule has 1 amide bonds. The van der Waals surface area contributed by atoms with E-state index in [9.17, 15) is 4.79 Å². The summed E-state index contributed by atoms with van der Waals surface area (Å²) in [5.74, 6) is 1.16. The van der Waals surface area contributed by atoms with E-state index in [4.69, 9.17) is 9.47 Å². The van der Waals surface area contributed by atoms with Gasteiger partial charge in [0.2, 0.25) is 0 Å². The van der Waals surface area contributed by atoms with Gasteiger partial charge in [-0.15, -0.1) is 0 Å². The predicted molar refractivity (Wildman–Crippen MR) is 114 cm³/mol. The Bertz CT molecular complexity index is 937. The molecule has 28 heavy (non-hydrogen) atoms. The molecule has 0 aromatic heterocycles. The van der Waals surface area contributed by atoms with E-state index in [0.717, 1.165) is 16.3 Å². The van der Waals surface area contributed by atoms with Gasteiger partial charge in [0.15, 0.2) is 6.61 Å². The number of anilines is 1. The van der Waals surface area contributed by atoms with Crippen molar-refractivity contribution >= 4 is 23.4 Å². The second-order valence-electron chi connectivity index (χ2n) is 6.38. The zero-order chi connectivity index (χ0) is 19.9. The number of hydrogen-bond donors (Lipinski definition) is 1. The number of hydrogen-bond acceptors (Lipinski definition) is 4. The Balaban J connectivity index is 1.51. The molecule has 0 radical (unpaired) electrons.